The van der Waals surface area contributed by atoms with Crippen molar-refractivity contribution >= 4 is 35.5 Å². The number of benzene rings is 3. The Morgan fingerprint density at radius 2 is 1.68 bits per heavy atom. The number of primary amides is 1. The van der Waals surface area contributed by atoms with Gasteiger partial charge in [0.2, 0.25) is 12.3 Å². The molecule has 1 fully saturated rings. The van der Waals surface area contributed by atoms with E-state index in [-0.39, 0.29) is 18.0 Å². The lowest BCUT2D eigenvalue weighted by molar-refractivity contribution is -0.123. The number of carbonyl (C=O) groups excluding carboxylic acids is 4. The number of nitrogens with two attached hydrogens (primary N) is 1. The summed E-state index contributed by atoms with van der Waals surface area (Å²) in [5, 5.41) is 8.89. The maximum atomic E-state index is 13.6. The molecule has 1 aliphatic heterocycles. The molecule has 37 heavy (non-hydrogen) atoms. The number of aryl methyl sites for hydroxylation is 1. The zero-order valence-corrected chi connectivity index (χ0v) is 20.4. The summed E-state index contributed by atoms with van der Waals surface area (Å²) in [6.45, 7) is 2.70. The number of rotatable bonds is 7. The second-order valence-electron chi connectivity index (χ2n) is 9.09. The number of anilines is 2. The number of hydroxylamine groups is 1. The van der Waals surface area contributed by atoms with Gasteiger partial charge in [0, 0.05) is 29.9 Å². The van der Waals surface area contributed by atoms with Gasteiger partial charge in [0.05, 0.1) is 11.6 Å². The lowest BCUT2D eigenvalue weighted by atomic mass is 9.95. The number of hydrogen-bond donors (Lipinski definition) is 3. The van der Waals surface area contributed by atoms with E-state index in [1.54, 1.807) is 52.8 Å². The normalized spacial score (nSPS) is 15.1. The number of likely N-dealkylation sites (tertiary alicyclic amines) is 1. The van der Waals surface area contributed by atoms with Crippen LogP contribution in [0.15, 0.2) is 66.7 Å². The van der Waals surface area contributed by atoms with Gasteiger partial charge in [-0.15, -0.1) is 0 Å². The van der Waals surface area contributed by atoms with Crippen LogP contribution in [-0.4, -0.2) is 47.3 Å². The third-order valence-corrected chi connectivity index (χ3v) is 6.55. The van der Waals surface area contributed by atoms with Crippen molar-refractivity contribution in [3.8, 4) is 11.1 Å². The molecule has 4 N–H and O–H groups in total. The van der Waals surface area contributed by atoms with Crippen molar-refractivity contribution < 1.29 is 24.4 Å². The molecule has 0 unspecified atom stereocenters. The third-order valence-electron chi connectivity index (χ3n) is 6.55. The predicted molar refractivity (Wildman–Crippen MR) is 138 cm³/mol. The van der Waals surface area contributed by atoms with Gasteiger partial charge in [-0.05, 0) is 73.4 Å². The van der Waals surface area contributed by atoms with Crippen molar-refractivity contribution in [2.45, 2.75) is 19.8 Å². The van der Waals surface area contributed by atoms with E-state index in [1.165, 1.54) is 4.90 Å². The number of nitrogens with one attached hydrogen (secondary N) is 1. The molecule has 3 aromatic carbocycles. The van der Waals surface area contributed by atoms with Crippen molar-refractivity contribution in [3.05, 3.63) is 83.4 Å². The first-order valence-corrected chi connectivity index (χ1v) is 11.9. The molecule has 9 heteroatoms. The molecule has 1 aliphatic rings. The average molecular weight is 501 g/mol. The fourth-order valence-electron chi connectivity index (χ4n) is 4.47. The Balaban J connectivity index is 1.77. The molecule has 1 atom stereocenters. The molecule has 1 heterocycles. The molecule has 0 aromatic heterocycles. The highest BCUT2D eigenvalue weighted by Gasteiger charge is 2.28. The van der Waals surface area contributed by atoms with Gasteiger partial charge in [-0.3, -0.25) is 29.3 Å². The van der Waals surface area contributed by atoms with Crippen LogP contribution in [0.1, 0.15) is 39.1 Å². The summed E-state index contributed by atoms with van der Waals surface area (Å²) in [4.78, 5) is 52.3. The van der Waals surface area contributed by atoms with Gasteiger partial charge in [0.1, 0.15) is 0 Å². The molecule has 0 bridgehead atoms. The van der Waals surface area contributed by atoms with Crippen LogP contribution < -0.4 is 16.1 Å². The molecule has 1 saturated heterocycles. The number of carbonyl (C=O) groups is 4. The Morgan fingerprint density at radius 1 is 0.973 bits per heavy atom. The van der Waals surface area contributed by atoms with E-state index in [4.69, 9.17) is 10.9 Å². The maximum Gasteiger partial charge on any atom is 0.274 e. The lowest BCUT2D eigenvalue weighted by Gasteiger charge is -2.31. The Bertz CT molecular complexity index is 1320. The van der Waals surface area contributed by atoms with Crippen LogP contribution in [0.2, 0.25) is 0 Å². The fourth-order valence-corrected chi connectivity index (χ4v) is 4.47. The van der Waals surface area contributed by atoms with Gasteiger partial charge in [0.15, 0.2) is 0 Å². The van der Waals surface area contributed by atoms with Crippen molar-refractivity contribution in [2.75, 3.05) is 18.0 Å². The van der Waals surface area contributed by atoms with Crippen LogP contribution in [0.4, 0.5) is 11.4 Å². The number of hydrogen-bond acceptors (Lipinski definition) is 5. The quantitative estimate of drug-likeness (QED) is 0.260. The van der Waals surface area contributed by atoms with Gasteiger partial charge in [-0.1, -0.05) is 29.8 Å². The zero-order valence-electron chi connectivity index (χ0n) is 20.4. The minimum atomic E-state index is -0.642. The lowest BCUT2D eigenvalue weighted by Crippen LogP contribution is -2.44. The van der Waals surface area contributed by atoms with Crippen molar-refractivity contribution in [2.24, 2.45) is 11.7 Å². The summed E-state index contributed by atoms with van der Waals surface area (Å²) >= 11 is 0. The first kappa shape index (κ1) is 25.6. The molecule has 3 aromatic rings. The summed E-state index contributed by atoms with van der Waals surface area (Å²) in [7, 11) is 0. The van der Waals surface area contributed by atoms with E-state index in [2.05, 4.69) is 0 Å². The van der Waals surface area contributed by atoms with E-state index in [9.17, 15) is 19.2 Å². The first-order chi connectivity index (χ1) is 17.8. The van der Waals surface area contributed by atoms with Gasteiger partial charge in [0.25, 0.3) is 11.8 Å². The van der Waals surface area contributed by atoms with E-state index in [1.807, 2.05) is 31.2 Å². The van der Waals surface area contributed by atoms with Crippen LogP contribution in [0.5, 0.6) is 0 Å². The maximum absolute atomic E-state index is 13.6. The van der Waals surface area contributed by atoms with Crippen LogP contribution in [0.25, 0.3) is 11.1 Å². The van der Waals surface area contributed by atoms with Gasteiger partial charge in [-0.2, -0.15) is 0 Å². The highest BCUT2D eigenvalue weighted by atomic mass is 16.5. The molecule has 0 spiro atoms. The SMILES string of the molecule is Cc1ccc(N(C=O)c2cc(C(=O)N3CCC[C@H](C(N)=O)C3)cc(-c3ccc(C(=O)NO)cc3)c2)cc1. The topological polar surface area (TPSA) is 133 Å². The molecule has 0 radical (unpaired) electrons. The Kier molecular flexibility index (Phi) is 7.64. The summed E-state index contributed by atoms with van der Waals surface area (Å²) in [6, 6.07) is 19.1. The Morgan fingerprint density at radius 3 is 2.30 bits per heavy atom. The highest BCUT2D eigenvalue weighted by Crippen LogP contribution is 2.32. The van der Waals surface area contributed by atoms with Crippen LogP contribution in [0, 0.1) is 12.8 Å². The highest BCUT2D eigenvalue weighted by molar-refractivity contribution is 5.99. The molecular formula is C28H28N4O5. The van der Waals surface area contributed by atoms with E-state index >= 15 is 0 Å². The van der Waals surface area contributed by atoms with E-state index < -0.39 is 17.7 Å². The molecule has 0 aliphatic carbocycles. The third kappa shape index (κ3) is 5.68. The fraction of sp³-hybridized carbons (Fsp3) is 0.214. The van der Waals surface area contributed by atoms with Crippen molar-refractivity contribution in [1.29, 1.82) is 0 Å². The molecule has 4 amide bonds. The number of amides is 4. The zero-order chi connectivity index (χ0) is 26.5. The largest absolute Gasteiger partial charge is 0.369 e. The number of piperidine rings is 1. The smallest absolute Gasteiger partial charge is 0.274 e. The minimum Gasteiger partial charge on any atom is -0.369 e. The first-order valence-electron chi connectivity index (χ1n) is 11.9. The average Bonchev–Trinajstić information content (AvgIpc) is 2.93. The van der Waals surface area contributed by atoms with Gasteiger partial charge < -0.3 is 10.6 Å². The summed E-state index contributed by atoms with van der Waals surface area (Å²) < 4.78 is 0. The summed E-state index contributed by atoms with van der Waals surface area (Å²) in [5.74, 6) is -1.73. The number of nitrogens with zero attached hydrogens (tertiary/aromatic N) is 2. The second-order valence-corrected chi connectivity index (χ2v) is 9.09. The molecule has 9 nitrogen and oxygen atoms in total. The van der Waals surface area contributed by atoms with Crippen LogP contribution >= 0.6 is 0 Å². The minimum absolute atomic E-state index is 0.244. The predicted octanol–water partition coefficient (Wildman–Crippen LogP) is 3.41. The van der Waals surface area contributed by atoms with Gasteiger partial charge in [-0.25, -0.2) is 5.48 Å². The monoisotopic (exact) mass is 500 g/mol. The second kappa shape index (κ2) is 11.0. The van der Waals surface area contributed by atoms with E-state index in [0.717, 1.165) is 5.56 Å². The summed E-state index contributed by atoms with van der Waals surface area (Å²) in [6.07, 6.45) is 2.01. The Labute approximate surface area is 214 Å². The Hall–Kier alpha value is -4.50. The van der Waals surface area contributed by atoms with Gasteiger partial charge >= 0.3 is 0 Å². The van der Waals surface area contributed by atoms with E-state index in [0.29, 0.717) is 53.9 Å². The summed E-state index contributed by atoms with van der Waals surface area (Å²) in [5.41, 5.74) is 11.2. The standard InChI is InChI=1S/C28H28N4O5/c1-18-4-10-24(11-5-18)32(17-33)25-14-22(19-6-8-20(9-7-19)27(35)30-37)13-23(15-25)28(36)31-12-2-3-21(16-31)26(29)34/h4-11,13-15,17,21,37H,2-3,12,16H2,1H3,(H2,29,34)(H,30,35)/t21-/m0/s1. The van der Waals surface area contributed by atoms with Crippen molar-refractivity contribution in [3.63, 3.8) is 0 Å². The van der Waals surface area contributed by atoms with Crippen LogP contribution in [0.3, 0.4) is 0 Å². The molecular weight excluding hydrogens is 472 g/mol. The van der Waals surface area contributed by atoms with Crippen molar-refractivity contribution in [1.82, 2.24) is 10.4 Å². The molecule has 190 valence electrons. The molecule has 0 saturated carbocycles. The molecule has 4 rings (SSSR count). The van der Waals surface area contributed by atoms with Crippen LogP contribution in [-0.2, 0) is 9.59 Å².